The SMILES string of the molecule is Clc1ccc2c(c1)[nH]c1c2ccc2c3ccccc3c(-c3ccccc3)nc21. The van der Waals surface area contributed by atoms with E-state index in [-0.39, 0.29) is 0 Å². The second-order valence-corrected chi connectivity index (χ2v) is 7.51. The highest BCUT2D eigenvalue weighted by molar-refractivity contribution is 6.32. The molecule has 0 unspecified atom stereocenters. The summed E-state index contributed by atoms with van der Waals surface area (Å²) in [5.41, 5.74) is 5.20. The Bertz CT molecular complexity index is 1510. The molecule has 3 heteroatoms. The number of halogens is 1. The number of fused-ring (bicyclic) bond motifs is 7. The van der Waals surface area contributed by atoms with Crippen LogP contribution < -0.4 is 0 Å². The van der Waals surface area contributed by atoms with Crippen molar-refractivity contribution in [1.82, 2.24) is 9.97 Å². The van der Waals surface area contributed by atoms with Crippen LogP contribution in [0.2, 0.25) is 5.02 Å². The Labute approximate surface area is 166 Å². The average Bonchev–Trinajstić information content (AvgIpc) is 3.11. The molecule has 1 N–H and O–H groups in total. The van der Waals surface area contributed by atoms with Crippen LogP contribution in [0.25, 0.3) is 54.7 Å². The van der Waals surface area contributed by atoms with Crippen LogP contribution in [0.5, 0.6) is 0 Å². The third-order valence-electron chi connectivity index (χ3n) is 5.45. The fourth-order valence-corrected chi connectivity index (χ4v) is 4.35. The maximum absolute atomic E-state index is 6.21. The minimum absolute atomic E-state index is 0.728. The molecule has 2 aromatic heterocycles. The lowest BCUT2D eigenvalue weighted by Crippen LogP contribution is -1.90. The molecule has 28 heavy (non-hydrogen) atoms. The molecule has 0 fully saturated rings. The van der Waals surface area contributed by atoms with E-state index >= 15 is 0 Å². The molecule has 0 bridgehead atoms. The lowest BCUT2D eigenvalue weighted by molar-refractivity contribution is 1.42. The summed E-state index contributed by atoms with van der Waals surface area (Å²) in [7, 11) is 0. The van der Waals surface area contributed by atoms with E-state index in [2.05, 4.69) is 71.7 Å². The Morgan fingerprint density at radius 2 is 1.36 bits per heavy atom. The van der Waals surface area contributed by atoms with Crippen molar-refractivity contribution in [3.63, 3.8) is 0 Å². The van der Waals surface area contributed by atoms with Crippen LogP contribution >= 0.6 is 11.6 Å². The molecule has 132 valence electrons. The first-order valence-electron chi connectivity index (χ1n) is 9.27. The smallest absolute Gasteiger partial charge is 0.0957 e. The third-order valence-corrected chi connectivity index (χ3v) is 5.69. The predicted octanol–water partition coefficient (Wildman–Crippen LogP) is 7.34. The van der Waals surface area contributed by atoms with Crippen molar-refractivity contribution < 1.29 is 0 Å². The van der Waals surface area contributed by atoms with Gasteiger partial charge in [0.25, 0.3) is 0 Å². The Hall–Kier alpha value is -3.36. The Balaban J connectivity index is 1.83. The maximum Gasteiger partial charge on any atom is 0.0957 e. The van der Waals surface area contributed by atoms with Gasteiger partial charge in [0.1, 0.15) is 0 Å². The fraction of sp³-hybridized carbons (Fsp3) is 0. The summed E-state index contributed by atoms with van der Waals surface area (Å²) in [6.45, 7) is 0. The number of nitrogens with zero attached hydrogens (tertiary/aromatic N) is 1. The van der Waals surface area contributed by atoms with Crippen LogP contribution in [-0.2, 0) is 0 Å². The molecule has 2 heterocycles. The summed E-state index contributed by atoms with van der Waals surface area (Å²) in [6.07, 6.45) is 0. The van der Waals surface area contributed by atoms with Crippen LogP contribution in [0, 0.1) is 0 Å². The van der Waals surface area contributed by atoms with Crippen molar-refractivity contribution >= 4 is 55.1 Å². The largest absolute Gasteiger partial charge is 0.353 e. The lowest BCUT2D eigenvalue weighted by atomic mass is 9.99. The molecule has 0 spiro atoms. The molecule has 0 aliphatic rings. The Morgan fingerprint density at radius 3 is 2.21 bits per heavy atom. The summed E-state index contributed by atoms with van der Waals surface area (Å²) >= 11 is 6.21. The van der Waals surface area contributed by atoms with Gasteiger partial charge in [0.05, 0.1) is 16.7 Å². The average molecular weight is 379 g/mol. The molecule has 0 atom stereocenters. The number of rotatable bonds is 1. The summed E-state index contributed by atoms with van der Waals surface area (Å²) in [4.78, 5) is 8.71. The van der Waals surface area contributed by atoms with Crippen LogP contribution in [0.4, 0.5) is 0 Å². The number of hydrogen-bond acceptors (Lipinski definition) is 1. The van der Waals surface area contributed by atoms with Crippen LogP contribution in [-0.4, -0.2) is 9.97 Å². The number of aromatic amines is 1. The van der Waals surface area contributed by atoms with E-state index in [9.17, 15) is 0 Å². The zero-order valence-electron chi connectivity index (χ0n) is 14.9. The summed E-state index contributed by atoms with van der Waals surface area (Å²) in [5, 5.41) is 6.59. The number of nitrogens with one attached hydrogen (secondary N) is 1. The van der Waals surface area contributed by atoms with E-state index in [4.69, 9.17) is 16.6 Å². The third kappa shape index (κ3) is 2.19. The van der Waals surface area contributed by atoms with Gasteiger partial charge in [-0.25, -0.2) is 4.98 Å². The maximum atomic E-state index is 6.21. The second-order valence-electron chi connectivity index (χ2n) is 7.07. The zero-order chi connectivity index (χ0) is 18.7. The van der Waals surface area contributed by atoms with Crippen molar-refractivity contribution in [3.8, 4) is 11.3 Å². The van der Waals surface area contributed by atoms with E-state index in [0.29, 0.717) is 0 Å². The molecule has 0 amide bonds. The summed E-state index contributed by atoms with van der Waals surface area (Å²) in [6, 6.07) is 29.2. The topological polar surface area (TPSA) is 28.7 Å². The van der Waals surface area contributed by atoms with Gasteiger partial charge < -0.3 is 4.98 Å². The highest BCUT2D eigenvalue weighted by Crippen LogP contribution is 2.37. The first kappa shape index (κ1) is 15.7. The summed E-state index contributed by atoms with van der Waals surface area (Å²) < 4.78 is 0. The lowest BCUT2D eigenvalue weighted by Gasteiger charge is -2.10. The van der Waals surface area contributed by atoms with E-state index < -0.39 is 0 Å². The normalized spacial score (nSPS) is 11.8. The fourth-order valence-electron chi connectivity index (χ4n) is 4.18. The minimum atomic E-state index is 0.728. The highest BCUT2D eigenvalue weighted by Gasteiger charge is 2.14. The highest BCUT2D eigenvalue weighted by atomic mass is 35.5. The molecule has 4 aromatic carbocycles. The molecule has 0 saturated carbocycles. The number of hydrogen-bond donors (Lipinski definition) is 1. The molecule has 0 radical (unpaired) electrons. The predicted molar refractivity (Wildman–Crippen MR) is 119 cm³/mol. The zero-order valence-corrected chi connectivity index (χ0v) is 15.7. The van der Waals surface area contributed by atoms with Gasteiger partial charge in [0, 0.05) is 37.6 Å². The molecule has 0 aliphatic carbocycles. The van der Waals surface area contributed by atoms with Gasteiger partial charge in [-0.3, -0.25) is 0 Å². The molecule has 0 saturated heterocycles. The quantitative estimate of drug-likeness (QED) is 0.298. The molecule has 6 aromatic rings. The van der Waals surface area contributed by atoms with Gasteiger partial charge in [0.2, 0.25) is 0 Å². The number of benzene rings is 4. The first-order chi connectivity index (χ1) is 13.8. The van der Waals surface area contributed by atoms with E-state index in [1.807, 2.05) is 18.2 Å². The summed E-state index contributed by atoms with van der Waals surface area (Å²) in [5.74, 6) is 0. The van der Waals surface area contributed by atoms with Gasteiger partial charge in [0.15, 0.2) is 0 Å². The van der Waals surface area contributed by atoms with Gasteiger partial charge in [-0.1, -0.05) is 84.4 Å². The monoisotopic (exact) mass is 378 g/mol. The molecular weight excluding hydrogens is 364 g/mol. The van der Waals surface area contributed by atoms with E-state index in [1.54, 1.807) is 0 Å². The van der Waals surface area contributed by atoms with Crippen LogP contribution in [0.15, 0.2) is 84.9 Å². The molecule has 6 rings (SSSR count). The van der Waals surface area contributed by atoms with Crippen molar-refractivity contribution in [3.05, 3.63) is 90.0 Å². The van der Waals surface area contributed by atoms with Crippen molar-refractivity contribution in [1.29, 1.82) is 0 Å². The minimum Gasteiger partial charge on any atom is -0.353 e. The van der Waals surface area contributed by atoms with Crippen LogP contribution in [0.3, 0.4) is 0 Å². The standard InChI is InChI=1S/C25H15ClN2/c26-16-10-11-18-21-13-12-20-17-8-4-5-9-19(17)23(15-6-2-1-3-7-15)28-25(20)24(21)27-22(18)14-16/h1-14,27H. The van der Waals surface area contributed by atoms with Gasteiger partial charge in [-0.2, -0.15) is 0 Å². The second kappa shape index (κ2) is 5.82. The van der Waals surface area contributed by atoms with Gasteiger partial charge in [-0.05, 0) is 17.5 Å². The first-order valence-corrected chi connectivity index (χ1v) is 9.65. The van der Waals surface area contributed by atoms with Gasteiger partial charge in [-0.15, -0.1) is 0 Å². The van der Waals surface area contributed by atoms with E-state index in [0.717, 1.165) is 43.6 Å². The molecule has 2 nitrogen and oxygen atoms in total. The number of pyridine rings is 1. The van der Waals surface area contributed by atoms with Crippen molar-refractivity contribution in [2.24, 2.45) is 0 Å². The van der Waals surface area contributed by atoms with Crippen LogP contribution in [0.1, 0.15) is 0 Å². The van der Waals surface area contributed by atoms with E-state index in [1.165, 1.54) is 16.2 Å². The molecular formula is C25H15ClN2. The van der Waals surface area contributed by atoms with Crippen molar-refractivity contribution in [2.75, 3.05) is 0 Å². The number of aromatic nitrogens is 2. The Kier molecular flexibility index (Phi) is 3.26. The Morgan fingerprint density at radius 1 is 0.643 bits per heavy atom. The van der Waals surface area contributed by atoms with Crippen molar-refractivity contribution in [2.45, 2.75) is 0 Å². The van der Waals surface area contributed by atoms with Gasteiger partial charge >= 0.3 is 0 Å². The molecule has 0 aliphatic heterocycles. The number of H-pyrrole nitrogens is 1.